The number of hydrogen-bond acceptors (Lipinski definition) is 3. The van der Waals surface area contributed by atoms with E-state index in [9.17, 15) is 4.79 Å². The number of carbonyl (C=O) groups is 1. The summed E-state index contributed by atoms with van der Waals surface area (Å²) in [7, 11) is 0. The molecule has 27 heavy (non-hydrogen) atoms. The minimum Gasteiger partial charge on any atom is -0.352 e. The molecule has 0 aliphatic rings. The van der Waals surface area contributed by atoms with E-state index < -0.39 is 0 Å². The number of hydrogen-bond donors (Lipinski definition) is 1. The monoisotopic (exact) mass is 364 g/mol. The fourth-order valence-corrected chi connectivity index (χ4v) is 3.21. The SMILES string of the molecule is Cc1ccc(Cc2c(C)nc3c(C(=O)NCCC(C)C)cnn3c2C)cc1. The molecule has 2 heterocycles. The maximum atomic E-state index is 12.5. The summed E-state index contributed by atoms with van der Waals surface area (Å²) >= 11 is 0. The Bertz CT molecular complexity index is 955. The molecule has 142 valence electrons. The summed E-state index contributed by atoms with van der Waals surface area (Å²) in [6, 6.07) is 8.54. The van der Waals surface area contributed by atoms with E-state index in [1.54, 1.807) is 10.7 Å². The molecule has 0 fully saturated rings. The van der Waals surface area contributed by atoms with Gasteiger partial charge in [-0.1, -0.05) is 43.7 Å². The fourth-order valence-electron chi connectivity index (χ4n) is 3.21. The molecule has 1 N–H and O–H groups in total. The van der Waals surface area contributed by atoms with Crippen molar-refractivity contribution in [3.8, 4) is 0 Å². The van der Waals surface area contributed by atoms with Crippen LogP contribution in [0.5, 0.6) is 0 Å². The van der Waals surface area contributed by atoms with Gasteiger partial charge in [0.15, 0.2) is 5.65 Å². The summed E-state index contributed by atoms with van der Waals surface area (Å²) < 4.78 is 1.79. The first-order valence-corrected chi connectivity index (χ1v) is 9.54. The van der Waals surface area contributed by atoms with E-state index >= 15 is 0 Å². The first-order chi connectivity index (χ1) is 12.9. The minimum absolute atomic E-state index is 0.108. The van der Waals surface area contributed by atoms with Crippen LogP contribution in [0.15, 0.2) is 30.5 Å². The van der Waals surface area contributed by atoms with E-state index in [-0.39, 0.29) is 5.91 Å². The predicted octanol–water partition coefficient (Wildman–Crippen LogP) is 4.02. The third-order valence-electron chi connectivity index (χ3n) is 4.96. The van der Waals surface area contributed by atoms with E-state index in [1.807, 2.05) is 13.8 Å². The second kappa shape index (κ2) is 7.91. The zero-order chi connectivity index (χ0) is 19.6. The van der Waals surface area contributed by atoms with Crippen molar-refractivity contribution < 1.29 is 4.79 Å². The molecule has 0 spiro atoms. The van der Waals surface area contributed by atoms with Gasteiger partial charge in [-0.15, -0.1) is 0 Å². The first-order valence-electron chi connectivity index (χ1n) is 9.54. The lowest BCUT2D eigenvalue weighted by Crippen LogP contribution is -2.25. The van der Waals surface area contributed by atoms with Gasteiger partial charge in [0, 0.05) is 24.4 Å². The van der Waals surface area contributed by atoms with Gasteiger partial charge >= 0.3 is 0 Å². The number of nitrogens with one attached hydrogen (secondary N) is 1. The van der Waals surface area contributed by atoms with Gasteiger partial charge in [-0.3, -0.25) is 4.79 Å². The summed E-state index contributed by atoms with van der Waals surface area (Å²) in [6.45, 7) is 11.1. The Morgan fingerprint density at radius 2 is 1.85 bits per heavy atom. The standard InChI is InChI=1S/C22H28N4O/c1-14(2)10-11-23-22(27)20-13-24-26-17(5)19(16(4)25-21(20)26)12-18-8-6-15(3)7-9-18/h6-9,13-14H,10-12H2,1-5H3,(H,23,27). The van der Waals surface area contributed by atoms with Crippen LogP contribution >= 0.6 is 0 Å². The van der Waals surface area contributed by atoms with Crippen molar-refractivity contribution in [3.63, 3.8) is 0 Å². The molecule has 1 aromatic carbocycles. The largest absolute Gasteiger partial charge is 0.352 e. The summed E-state index contributed by atoms with van der Waals surface area (Å²) in [5.74, 6) is 0.449. The van der Waals surface area contributed by atoms with Crippen LogP contribution < -0.4 is 5.32 Å². The van der Waals surface area contributed by atoms with Crippen LogP contribution in [0.2, 0.25) is 0 Å². The van der Waals surface area contributed by atoms with Crippen molar-refractivity contribution in [2.24, 2.45) is 5.92 Å². The highest BCUT2D eigenvalue weighted by Gasteiger charge is 2.18. The van der Waals surface area contributed by atoms with Gasteiger partial charge in [0.2, 0.25) is 0 Å². The number of benzene rings is 1. The van der Waals surface area contributed by atoms with Crippen molar-refractivity contribution in [2.75, 3.05) is 6.54 Å². The molecule has 0 atom stereocenters. The average Bonchev–Trinajstić information content (AvgIpc) is 3.03. The maximum absolute atomic E-state index is 12.5. The van der Waals surface area contributed by atoms with Gasteiger partial charge in [-0.05, 0) is 44.2 Å². The number of carbonyl (C=O) groups excluding carboxylic acids is 1. The highest BCUT2D eigenvalue weighted by atomic mass is 16.1. The predicted molar refractivity (Wildman–Crippen MR) is 108 cm³/mol. The second-order valence-electron chi connectivity index (χ2n) is 7.66. The quantitative estimate of drug-likeness (QED) is 0.719. The minimum atomic E-state index is -0.108. The van der Waals surface area contributed by atoms with Gasteiger partial charge in [-0.2, -0.15) is 5.10 Å². The zero-order valence-corrected chi connectivity index (χ0v) is 16.8. The molecule has 3 aromatic rings. The van der Waals surface area contributed by atoms with Crippen molar-refractivity contribution in [1.29, 1.82) is 0 Å². The Balaban J connectivity index is 1.89. The smallest absolute Gasteiger partial charge is 0.256 e. The summed E-state index contributed by atoms with van der Waals surface area (Å²) in [5.41, 5.74) is 6.78. The number of amides is 1. The Morgan fingerprint density at radius 3 is 2.52 bits per heavy atom. The normalized spacial score (nSPS) is 11.3. The average molecular weight is 364 g/mol. The Labute approximate surface area is 160 Å². The van der Waals surface area contributed by atoms with E-state index in [4.69, 9.17) is 4.98 Å². The summed E-state index contributed by atoms with van der Waals surface area (Å²) in [5, 5.41) is 7.41. The van der Waals surface area contributed by atoms with E-state index in [2.05, 4.69) is 55.5 Å². The van der Waals surface area contributed by atoms with Crippen LogP contribution in [0.3, 0.4) is 0 Å². The van der Waals surface area contributed by atoms with E-state index in [0.717, 1.165) is 29.8 Å². The van der Waals surface area contributed by atoms with Crippen molar-refractivity contribution in [1.82, 2.24) is 19.9 Å². The third kappa shape index (κ3) is 4.18. The van der Waals surface area contributed by atoms with Gasteiger partial charge in [0.05, 0.1) is 6.20 Å². The Morgan fingerprint density at radius 1 is 1.15 bits per heavy atom. The molecular formula is C22H28N4O. The summed E-state index contributed by atoms with van der Waals surface area (Å²) in [4.78, 5) is 17.2. The zero-order valence-electron chi connectivity index (χ0n) is 16.8. The molecule has 0 saturated carbocycles. The Hall–Kier alpha value is -2.69. The fraction of sp³-hybridized carbons (Fsp3) is 0.409. The molecule has 0 radical (unpaired) electrons. The molecule has 3 rings (SSSR count). The number of aryl methyl sites for hydroxylation is 3. The van der Waals surface area contributed by atoms with Crippen LogP contribution in [0, 0.1) is 26.7 Å². The lowest BCUT2D eigenvalue weighted by molar-refractivity contribution is 0.0953. The topological polar surface area (TPSA) is 59.3 Å². The molecule has 0 aliphatic heterocycles. The van der Waals surface area contributed by atoms with Crippen LogP contribution in [-0.4, -0.2) is 27.0 Å². The maximum Gasteiger partial charge on any atom is 0.256 e. The lowest BCUT2D eigenvalue weighted by Gasteiger charge is -2.12. The second-order valence-corrected chi connectivity index (χ2v) is 7.66. The van der Waals surface area contributed by atoms with Crippen LogP contribution in [0.1, 0.15) is 58.7 Å². The van der Waals surface area contributed by atoms with Gasteiger partial charge < -0.3 is 5.32 Å². The van der Waals surface area contributed by atoms with Crippen molar-refractivity contribution in [3.05, 3.63) is 64.1 Å². The van der Waals surface area contributed by atoms with Crippen molar-refractivity contribution >= 4 is 11.6 Å². The highest BCUT2D eigenvalue weighted by molar-refractivity contribution is 5.99. The molecule has 2 aromatic heterocycles. The first kappa shape index (κ1) is 19.1. The van der Waals surface area contributed by atoms with E-state index in [0.29, 0.717) is 23.7 Å². The van der Waals surface area contributed by atoms with E-state index in [1.165, 1.54) is 11.1 Å². The van der Waals surface area contributed by atoms with Gasteiger partial charge in [0.1, 0.15) is 5.56 Å². The molecule has 5 nitrogen and oxygen atoms in total. The van der Waals surface area contributed by atoms with Crippen LogP contribution in [-0.2, 0) is 6.42 Å². The third-order valence-corrected chi connectivity index (χ3v) is 4.96. The molecule has 0 aliphatic carbocycles. The molecule has 5 heteroatoms. The molecule has 0 saturated heterocycles. The van der Waals surface area contributed by atoms with Crippen LogP contribution in [0.25, 0.3) is 5.65 Å². The van der Waals surface area contributed by atoms with Crippen LogP contribution in [0.4, 0.5) is 0 Å². The molecule has 1 amide bonds. The van der Waals surface area contributed by atoms with Gasteiger partial charge in [0.25, 0.3) is 5.91 Å². The molecule has 0 unspecified atom stereocenters. The number of rotatable bonds is 6. The van der Waals surface area contributed by atoms with Crippen molar-refractivity contribution in [2.45, 2.75) is 47.5 Å². The number of nitrogens with zero attached hydrogens (tertiary/aromatic N) is 3. The molecular weight excluding hydrogens is 336 g/mol. The Kier molecular flexibility index (Phi) is 5.59. The highest BCUT2D eigenvalue weighted by Crippen LogP contribution is 2.20. The number of aromatic nitrogens is 3. The molecule has 0 bridgehead atoms. The lowest BCUT2D eigenvalue weighted by atomic mass is 10.0. The number of fused-ring (bicyclic) bond motifs is 1. The van der Waals surface area contributed by atoms with Gasteiger partial charge in [-0.25, -0.2) is 9.50 Å². The summed E-state index contributed by atoms with van der Waals surface area (Å²) in [6.07, 6.45) is 3.38.